The van der Waals surface area contributed by atoms with E-state index in [2.05, 4.69) is 5.32 Å². The number of ether oxygens (including phenoxy) is 3. The number of hydrogen-bond donors (Lipinski definition) is 1. The Morgan fingerprint density at radius 1 is 0.897 bits per heavy atom. The molecular weight excluding hydrogens is 380 g/mol. The number of rotatable bonds is 7. The molecule has 0 aliphatic carbocycles. The molecule has 3 aromatic rings. The number of amides is 1. The Labute approximate surface area is 166 Å². The number of halogens is 2. The Morgan fingerprint density at radius 3 is 2.31 bits per heavy atom. The monoisotopic (exact) mass is 399 g/mol. The van der Waals surface area contributed by atoms with Gasteiger partial charge in [0, 0.05) is 17.2 Å². The molecule has 0 aliphatic heterocycles. The van der Waals surface area contributed by atoms with Crippen LogP contribution in [0.4, 0.5) is 14.5 Å². The predicted molar refractivity (Wildman–Crippen MR) is 105 cm³/mol. The number of benzene rings is 3. The van der Waals surface area contributed by atoms with Gasteiger partial charge in [-0.1, -0.05) is 12.1 Å². The highest BCUT2D eigenvalue weighted by Gasteiger charge is 2.14. The van der Waals surface area contributed by atoms with Crippen molar-refractivity contribution in [2.75, 3.05) is 19.5 Å². The van der Waals surface area contributed by atoms with Gasteiger partial charge in [0.05, 0.1) is 19.9 Å². The van der Waals surface area contributed by atoms with Crippen molar-refractivity contribution in [2.45, 2.75) is 6.61 Å². The molecule has 7 heteroatoms. The fourth-order valence-electron chi connectivity index (χ4n) is 2.71. The van der Waals surface area contributed by atoms with E-state index in [9.17, 15) is 13.6 Å². The van der Waals surface area contributed by atoms with Gasteiger partial charge in [-0.2, -0.15) is 0 Å². The predicted octanol–water partition coefficient (Wildman–Crippen LogP) is 4.81. The lowest BCUT2D eigenvalue weighted by molar-refractivity contribution is 0.102. The van der Waals surface area contributed by atoms with E-state index in [1.54, 1.807) is 37.4 Å². The number of anilines is 1. The first-order valence-corrected chi connectivity index (χ1v) is 8.71. The Balaban J connectivity index is 1.79. The molecule has 0 spiro atoms. The summed E-state index contributed by atoms with van der Waals surface area (Å²) in [7, 11) is 3.05. The Kier molecular flexibility index (Phi) is 6.29. The van der Waals surface area contributed by atoms with Gasteiger partial charge in [0.25, 0.3) is 5.91 Å². The number of nitrogens with one attached hydrogen (secondary N) is 1. The fraction of sp³-hybridized carbons (Fsp3) is 0.136. The number of hydrogen-bond acceptors (Lipinski definition) is 4. The lowest BCUT2D eigenvalue weighted by Gasteiger charge is -2.14. The third-order valence-corrected chi connectivity index (χ3v) is 4.17. The number of carbonyl (C=O) groups is 1. The van der Waals surface area contributed by atoms with Crippen LogP contribution in [0.3, 0.4) is 0 Å². The first kappa shape index (κ1) is 20.1. The van der Waals surface area contributed by atoms with E-state index in [0.29, 0.717) is 28.9 Å². The van der Waals surface area contributed by atoms with Gasteiger partial charge in [0.2, 0.25) is 0 Å². The Bertz CT molecular complexity index is 1020. The van der Waals surface area contributed by atoms with Crippen molar-refractivity contribution in [3.05, 3.63) is 83.4 Å². The molecule has 29 heavy (non-hydrogen) atoms. The largest absolute Gasteiger partial charge is 0.496 e. The number of para-hydroxylation sites is 2. The van der Waals surface area contributed by atoms with Crippen LogP contribution >= 0.6 is 0 Å². The number of carbonyl (C=O) groups excluding carboxylic acids is 1. The second-order valence-electron chi connectivity index (χ2n) is 6.04. The molecule has 0 aliphatic rings. The van der Waals surface area contributed by atoms with E-state index in [1.165, 1.54) is 7.11 Å². The van der Waals surface area contributed by atoms with Crippen molar-refractivity contribution in [1.82, 2.24) is 0 Å². The van der Waals surface area contributed by atoms with Gasteiger partial charge >= 0.3 is 0 Å². The van der Waals surface area contributed by atoms with Crippen LogP contribution in [0.15, 0.2) is 60.7 Å². The zero-order valence-electron chi connectivity index (χ0n) is 15.9. The van der Waals surface area contributed by atoms with Crippen LogP contribution in [0.5, 0.6) is 17.2 Å². The average Bonchev–Trinajstić information content (AvgIpc) is 2.74. The minimum Gasteiger partial charge on any atom is -0.496 e. The van der Waals surface area contributed by atoms with E-state index in [1.807, 2.05) is 12.1 Å². The van der Waals surface area contributed by atoms with Crippen LogP contribution in [0.25, 0.3) is 0 Å². The summed E-state index contributed by atoms with van der Waals surface area (Å²) in [6, 6.07) is 14.9. The van der Waals surface area contributed by atoms with Gasteiger partial charge in [-0.15, -0.1) is 0 Å². The minimum absolute atomic E-state index is 0.112. The molecular formula is C22H19F2NO4. The molecule has 3 rings (SSSR count). The summed E-state index contributed by atoms with van der Waals surface area (Å²) in [4.78, 5) is 12.5. The molecule has 0 bridgehead atoms. The third kappa shape index (κ3) is 4.82. The van der Waals surface area contributed by atoms with E-state index in [0.717, 1.165) is 12.1 Å². The highest BCUT2D eigenvalue weighted by atomic mass is 19.1. The molecule has 0 atom stereocenters. The second-order valence-corrected chi connectivity index (χ2v) is 6.04. The van der Waals surface area contributed by atoms with Crippen molar-refractivity contribution >= 4 is 11.6 Å². The quantitative estimate of drug-likeness (QED) is 0.619. The Hall–Kier alpha value is -3.61. The van der Waals surface area contributed by atoms with Crippen LogP contribution in [0.2, 0.25) is 0 Å². The summed E-state index contributed by atoms with van der Waals surface area (Å²) in [5, 5.41) is 2.43. The van der Waals surface area contributed by atoms with E-state index in [4.69, 9.17) is 14.2 Å². The lowest BCUT2D eigenvalue weighted by Crippen LogP contribution is -2.14. The molecule has 0 fully saturated rings. The van der Waals surface area contributed by atoms with E-state index >= 15 is 0 Å². The van der Waals surface area contributed by atoms with Crippen molar-refractivity contribution in [3.63, 3.8) is 0 Å². The maximum Gasteiger partial charge on any atom is 0.255 e. The second kappa shape index (κ2) is 9.05. The molecule has 5 nitrogen and oxygen atoms in total. The van der Waals surface area contributed by atoms with Gasteiger partial charge in [0.15, 0.2) is 11.5 Å². The SMILES string of the molecule is COc1ccc(C(=O)Nc2ccc(F)cc2F)cc1COc1ccccc1OC. The highest BCUT2D eigenvalue weighted by Crippen LogP contribution is 2.29. The first-order valence-electron chi connectivity index (χ1n) is 8.71. The van der Waals surface area contributed by atoms with E-state index < -0.39 is 17.5 Å². The van der Waals surface area contributed by atoms with Gasteiger partial charge in [-0.3, -0.25) is 4.79 Å². The normalized spacial score (nSPS) is 10.3. The van der Waals surface area contributed by atoms with Crippen LogP contribution in [0.1, 0.15) is 15.9 Å². The smallest absolute Gasteiger partial charge is 0.255 e. The van der Waals surface area contributed by atoms with Crippen LogP contribution < -0.4 is 19.5 Å². The summed E-state index contributed by atoms with van der Waals surface area (Å²) < 4.78 is 43.2. The molecule has 0 radical (unpaired) electrons. The van der Waals surface area contributed by atoms with E-state index in [-0.39, 0.29) is 17.9 Å². The topological polar surface area (TPSA) is 56.8 Å². The first-order chi connectivity index (χ1) is 14.0. The molecule has 0 saturated heterocycles. The van der Waals surface area contributed by atoms with Crippen LogP contribution in [0, 0.1) is 11.6 Å². The molecule has 3 aromatic carbocycles. The van der Waals surface area contributed by atoms with Gasteiger partial charge in [-0.25, -0.2) is 8.78 Å². The van der Waals surface area contributed by atoms with Crippen LogP contribution in [-0.4, -0.2) is 20.1 Å². The molecule has 0 saturated carbocycles. The van der Waals surface area contributed by atoms with Crippen molar-refractivity contribution in [3.8, 4) is 17.2 Å². The fourth-order valence-corrected chi connectivity index (χ4v) is 2.71. The molecule has 0 aromatic heterocycles. The minimum atomic E-state index is -0.855. The maximum atomic E-state index is 13.8. The van der Waals surface area contributed by atoms with Crippen LogP contribution in [-0.2, 0) is 6.61 Å². The summed E-state index contributed by atoms with van der Waals surface area (Å²) >= 11 is 0. The highest BCUT2D eigenvalue weighted by molar-refractivity contribution is 6.04. The zero-order valence-corrected chi connectivity index (χ0v) is 15.9. The maximum absolute atomic E-state index is 13.8. The molecule has 1 N–H and O–H groups in total. The standard InChI is InChI=1S/C22H19F2NO4/c1-27-19-10-7-14(22(26)25-18-9-8-16(23)12-17(18)24)11-15(19)13-29-21-6-4-3-5-20(21)28-2/h3-12H,13H2,1-2H3,(H,25,26). The molecule has 150 valence electrons. The molecule has 0 heterocycles. The average molecular weight is 399 g/mol. The zero-order chi connectivity index (χ0) is 20.8. The molecule has 1 amide bonds. The van der Waals surface area contributed by atoms with Gasteiger partial charge in [-0.05, 0) is 42.5 Å². The lowest BCUT2D eigenvalue weighted by atomic mass is 10.1. The molecule has 0 unspecified atom stereocenters. The third-order valence-electron chi connectivity index (χ3n) is 4.17. The summed E-state index contributed by atoms with van der Waals surface area (Å²) in [5.74, 6) is -0.471. The Morgan fingerprint density at radius 2 is 1.62 bits per heavy atom. The van der Waals surface area contributed by atoms with Crippen molar-refractivity contribution < 1.29 is 27.8 Å². The summed E-state index contributed by atoms with van der Waals surface area (Å²) in [6.07, 6.45) is 0. The number of methoxy groups -OCH3 is 2. The summed E-state index contributed by atoms with van der Waals surface area (Å²) in [5.41, 5.74) is 0.776. The van der Waals surface area contributed by atoms with Crippen molar-refractivity contribution in [2.24, 2.45) is 0 Å². The van der Waals surface area contributed by atoms with Gasteiger partial charge < -0.3 is 19.5 Å². The van der Waals surface area contributed by atoms with Crippen molar-refractivity contribution in [1.29, 1.82) is 0 Å². The van der Waals surface area contributed by atoms with Gasteiger partial charge in [0.1, 0.15) is 24.0 Å². The summed E-state index contributed by atoms with van der Waals surface area (Å²) in [6.45, 7) is 0.121.